The number of rotatable bonds is 7. The third kappa shape index (κ3) is 4.69. The van der Waals surface area contributed by atoms with Crippen LogP contribution in [0.1, 0.15) is 0 Å². The second kappa shape index (κ2) is 9.63. The van der Waals surface area contributed by atoms with E-state index in [2.05, 4.69) is 24.4 Å². The average Bonchev–Trinajstić information content (AvgIpc) is 3.13. The summed E-state index contributed by atoms with van der Waals surface area (Å²) < 4.78 is 7.32. The fourth-order valence-electron chi connectivity index (χ4n) is 3.45. The molecule has 0 saturated carbocycles. The van der Waals surface area contributed by atoms with Crippen molar-refractivity contribution in [3.63, 3.8) is 0 Å². The molecule has 0 bridgehead atoms. The van der Waals surface area contributed by atoms with Crippen LogP contribution >= 0.6 is 23.4 Å². The molecule has 1 aliphatic heterocycles. The predicted molar refractivity (Wildman–Crippen MR) is 118 cm³/mol. The Labute approximate surface area is 184 Å². The van der Waals surface area contributed by atoms with Crippen LogP contribution in [0.3, 0.4) is 0 Å². The SMILES string of the molecule is COCCn1c(SCC(=O)N2CCN(c3cnccn3)CC2)nc2cc(Cl)ccc21. The van der Waals surface area contributed by atoms with Crippen LogP contribution in [0, 0.1) is 0 Å². The van der Waals surface area contributed by atoms with Gasteiger partial charge in [0.25, 0.3) is 0 Å². The number of imidazole rings is 1. The molecule has 10 heteroatoms. The molecular weight excluding hydrogens is 424 g/mol. The van der Waals surface area contributed by atoms with Crippen LogP contribution in [0.15, 0.2) is 41.9 Å². The fourth-order valence-corrected chi connectivity index (χ4v) is 4.56. The Balaban J connectivity index is 1.38. The van der Waals surface area contributed by atoms with E-state index in [0.717, 1.165) is 35.1 Å². The Morgan fingerprint density at radius 2 is 2.07 bits per heavy atom. The molecule has 1 aromatic carbocycles. The van der Waals surface area contributed by atoms with Crippen molar-refractivity contribution in [3.05, 3.63) is 41.8 Å². The van der Waals surface area contributed by atoms with Crippen LogP contribution in [-0.4, -0.2) is 76.0 Å². The summed E-state index contributed by atoms with van der Waals surface area (Å²) in [4.78, 5) is 30.0. The lowest BCUT2D eigenvalue weighted by Crippen LogP contribution is -2.49. The maximum atomic E-state index is 12.8. The van der Waals surface area contributed by atoms with Crippen LogP contribution < -0.4 is 4.90 Å². The highest BCUT2D eigenvalue weighted by Crippen LogP contribution is 2.26. The number of fused-ring (bicyclic) bond motifs is 1. The Bertz CT molecular complexity index is 1010. The van der Waals surface area contributed by atoms with E-state index in [1.807, 2.05) is 23.1 Å². The van der Waals surface area contributed by atoms with Gasteiger partial charge in [0.1, 0.15) is 5.82 Å². The molecule has 2 aromatic heterocycles. The number of piperazine rings is 1. The Kier molecular flexibility index (Phi) is 6.71. The van der Waals surface area contributed by atoms with E-state index in [9.17, 15) is 4.79 Å². The third-order valence-corrected chi connectivity index (χ3v) is 6.22. The van der Waals surface area contributed by atoms with E-state index in [1.165, 1.54) is 11.8 Å². The molecule has 1 saturated heterocycles. The normalized spacial score (nSPS) is 14.5. The number of carbonyl (C=O) groups is 1. The maximum Gasteiger partial charge on any atom is 0.233 e. The number of hydrogen-bond acceptors (Lipinski definition) is 7. The van der Waals surface area contributed by atoms with E-state index in [4.69, 9.17) is 16.3 Å². The zero-order valence-electron chi connectivity index (χ0n) is 16.7. The number of aromatic nitrogens is 4. The molecule has 3 aromatic rings. The lowest BCUT2D eigenvalue weighted by Gasteiger charge is -2.35. The second-order valence-electron chi connectivity index (χ2n) is 6.89. The standard InChI is InChI=1S/C20H23ClN6O2S/c1-29-11-10-27-17-3-2-15(21)12-16(17)24-20(27)30-14-19(28)26-8-6-25(7-9-26)18-13-22-4-5-23-18/h2-5,12-13H,6-11,14H2,1H3. The zero-order chi connectivity index (χ0) is 20.9. The Hall–Kier alpha value is -2.36. The third-order valence-electron chi connectivity index (χ3n) is 5.02. The van der Waals surface area contributed by atoms with Crippen LogP contribution in [0.4, 0.5) is 5.82 Å². The second-order valence-corrected chi connectivity index (χ2v) is 8.27. The van der Waals surface area contributed by atoms with Crippen molar-refractivity contribution in [2.45, 2.75) is 11.7 Å². The predicted octanol–water partition coefficient (Wildman–Crippen LogP) is 2.57. The molecule has 158 valence electrons. The summed E-state index contributed by atoms with van der Waals surface area (Å²) >= 11 is 7.57. The number of anilines is 1. The number of benzene rings is 1. The number of halogens is 1. The highest BCUT2D eigenvalue weighted by atomic mass is 35.5. The van der Waals surface area contributed by atoms with Gasteiger partial charge in [0.05, 0.1) is 29.6 Å². The van der Waals surface area contributed by atoms with Gasteiger partial charge in [-0.3, -0.25) is 9.78 Å². The maximum absolute atomic E-state index is 12.8. The van der Waals surface area contributed by atoms with Gasteiger partial charge >= 0.3 is 0 Å². The first-order valence-electron chi connectivity index (χ1n) is 9.72. The molecule has 4 rings (SSSR count). The number of nitrogens with zero attached hydrogens (tertiary/aromatic N) is 6. The van der Waals surface area contributed by atoms with Gasteiger partial charge in [-0.15, -0.1) is 0 Å². The van der Waals surface area contributed by atoms with Gasteiger partial charge in [-0.25, -0.2) is 9.97 Å². The van der Waals surface area contributed by atoms with Crippen molar-refractivity contribution >= 4 is 46.1 Å². The number of ether oxygens (including phenoxy) is 1. The molecule has 30 heavy (non-hydrogen) atoms. The number of carbonyl (C=O) groups excluding carboxylic acids is 1. The Morgan fingerprint density at radius 3 is 2.80 bits per heavy atom. The molecular formula is C20H23ClN6O2S. The summed E-state index contributed by atoms with van der Waals surface area (Å²) in [6.07, 6.45) is 5.10. The minimum absolute atomic E-state index is 0.113. The molecule has 0 aliphatic carbocycles. The van der Waals surface area contributed by atoms with E-state index in [0.29, 0.717) is 37.0 Å². The Morgan fingerprint density at radius 1 is 1.23 bits per heavy atom. The fraction of sp³-hybridized carbons (Fsp3) is 0.400. The summed E-state index contributed by atoms with van der Waals surface area (Å²) in [7, 11) is 1.67. The molecule has 0 N–H and O–H groups in total. The summed E-state index contributed by atoms with van der Waals surface area (Å²) in [6, 6.07) is 5.65. The smallest absolute Gasteiger partial charge is 0.233 e. The van der Waals surface area contributed by atoms with Crippen molar-refractivity contribution in [1.29, 1.82) is 0 Å². The van der Waals surface area contributed by atoms with E-state index in [-0.39, 0.29) is 5.91 Å². The minimum atomic E-state index is 0.113. The van der Waals surface area contributed by atoms with Crippen molar-refractivity contribution in [1.82, 2.24) is 24.4 Å². The molecule has 8 nitrogen and oxygen atoms in total. The van der Waals surface area contributed by atoms with Crippen LogP contribution in [0.5, 0.6) is 0 Å². The molecule has 0 spiro atoms. The number of amides is 1. The van der Waals surface area contributed by atoms with Gasteiger partial charge < -0.3 is 19.1 Å². The van der Waals surface area contributed by atoms with Gasteiger partial charge in [0.2, 0.25) is 5.91 Å². The van der Waals surface area contributed by atoms with Gasteiger partial charge in [0.15, 0.2) is 5.16 Å². The molecule has 0 atom stereocenters. The quantitative estimate of drug-likeness (QED) is 0.516. The topological polar surface area (TPSA) is 76.4 Å². The van der Waals surface area contributed by atoms with Gasteiger partial charge in [-0.2, -0.15) is 0 Å². The van der Waals surface area contributed by atoms with Gasteiger partial charge in [-0.05, 0) is 18.2 Å². The molecule has 0 radical (unpaired) electrons. The molecule has 1 amide bonds. The largest absolute Gasteiger partial charge is 0.383 e. The van der Waals surface area contributed by atoms with Crippen LogP contribution in [-0.2, 0) is 16.1 Å². The minimum Gasteiger partial charge on any atom is -0.383 e. The van der Waals surface area contributed by atoms with Crippen molar-refractivity contribution in [2.75, 3.05) is 50.5 Å². The van der Waals surface area contributed by atoms with Crippen LogP contribution in [0.2, 0.25) is 5.02 Å². The summed E-state index contributed by atoms with van der Waals surface area (Å²) in [5.41, 5.74) is 1.81. The summed E-state index contributed by atoms with van der Waals surface area (Å²) in [5.74, 6) is 1.31. The molecule has 3 heterocycles. The first-order valence-corrected chi connectivity index (χ1v) is 11.1. The van der Waals surface area contributed by atoms with Crippen molar-refractivity contribution in [2.24, 2.45) is 0 Å². The van der Waals surface area contributed by atoms with Crippen molar-refractivity contribution in [3.8, 4) is 0 Å². The van der Waals surface area contributed by atoms with Crippen LogP contribution in [0.25, 0.3) is 11.0 Å². The van der Waals surface area contributed by atoms with Gasteiger partial charge in [-0.1, -0.05) is 23.4 Å². The van der Waals surface area contributed by atoms with E-state index >= 15 is 0 Å². The van der Waals surface area contributed by atoms with E-state index < -0.39 is 0 Å². The molecule has 1 aliphatic rings. The number of hydrogen-bond donors (Lipinski definition) is 0. The summed E-state index contributed by atoms with van der Waals surface area (Å²) in [6.45, 7) is 4.08. The highest BCUT2D eigenvalue weighted by molar-refractivity contribution is 7.99. The first-order chi connectivity index (χ1) is 14.7. The lowest BCUT2D eigenvalue weighted by molar-refractivity contribution is -0.128. The molecule has 0 unspecified atom stereocenters. The van der Waals surface area contributed by atoms with E-state index in [1.54, 1.807) is 25.7 Å². The average molecular weight is 447 g/mol. The van der Waals surface area contributed by atoms with Crippen molar-refractivity contribution < 1.29 is 9.53 Å². The number of methoxy groups -OCH3 is 1. The zero-order valence-corrected chi connectivity index (χ0v) is 18.3. The monoisotopic (exact) mass is 446 g/mol. The summed E-state index contributed by atoms with van der Waals surface area (Å²) in [5, 5.41) is 1.45. The highest BCUT2D eigenvalue weighted by Gasteiger charge is 2.23. The molecule has 1 fully saturated rings. The first kappa shape index (κ1) is 20.9. The lowest BCUT2D eigenvalue weighted by atomic mass is 10.3. The number of thioether (sulfide) groups is 1. The van der Waals surface area contributed by atoms with Gasteiger partial charge in [0, 0.05) is 57.2 Å².